The molecule has 106 valence electrons. The Kier molecular flexibility index (Phi) is 4.42. The molecular weight excluding hydrogens is 342 g/mol. The molecule has 5 nitrogen and oxygen atoms in total. The van der Waals surface area contributed by atoms with Gasteiger partial charge in [-0.25, -0.2) is 13.1 Å². The second kappa shape index (κ2) is 5.90. The van der Waals surface area contributed by atoms with Gasteiger partial charge in [0, 0.05) is 16.4 Å². The van der Waals surface area contributed by atoms with Crippen molar-refractivity contribution in [3.05, 3.63) is 52.8 Å². The first kappa shape index (κ1) is 15.0. The predicted molar refractivity (Wildman–Crippen MR) is 81.5 cm³/mol. The van der Waals surface area contributed by atoms with Gasteiger partial charge in [0.1, 0.15) is 0 Å². The SMILES string of the molecule is CC(NS(=O)(=O)c1cc(N)ccc1Br)c1ccccn1. The normalized spacial score (nSPS) is 13.1. The van der Waals surface area contributed by atoms with Crippen LogP contribution >= 0.6 is 15.9 Å². The van der Waals surface area contributed by atoms with Crippen LogP contribution in [0.25, 0.3) is 0 Å². The fourth-order valence-corrected chi connectivity index (χ4v) is 3.93. The highest BCUT2D eigenvalue weighted by Gasteiger charge is 2.21. The van der Waals surface area contributed by atoms with E-state index >= 15 is 0 Å². The zero-order chi connectivity index (χ0) is 14.8. The first-order chi connectivity index (χ1) is 9.40. The van der Waals surface area contributed by atoms with E-state index < -0.39 is 16.1 Å². The minimum Gasteiger partial charge on any atom is -0.399 e. The lowest BCUT2D eigenvalue weighted by Crippen LogP contribution is -2.27. The number of nitrogens with two attached hydrogens (primary N) is 1. The van der Waals surface area contributed by atoms with E-state index in [0.29, 0.717) is 15.9 Å². The monoisotopic (exact) mass is 355 g/mol. The lowest BCUT2D eigenvalue weighted by molar-refractivity contribution is 0.563. The second-order valence-corrected chi connectivity index (χ2v) is 6.82. The molecule has 0 saturated carbocycles. The maximum Gasteiger partial charge on any atom is 0.242 e. The number of halogens is 1. The molecule has 0 amide bonds. The van der Waals surface area contributed by atoms with Crippen LogP contribution in [0.5, 0.6) is 0 Å². The Morgan fingerprint density at radius 1 is 1.30 bits per heavy atom. The quantitative estimate of drug-likeness (QED) is 0.825. The van der Waals surface area contributed by atoms with Gasteiger partial charge < -0.3 is 5.73 Å². The molecule has 7 heteroatoms. The van der Waals surface area contributed by atoms with E-state index in [0.717, 1.165) is 0 Å². The summed E-state index contributed by atoms with van der Waals surface area (Å²) in [5, 5.41) is 0. The number of hydrogen-bond acceptors (Lipinski definition) is 4. The number of hydrogen-bond donors (Lipinski definition) is 2. The molecule has 20 heavy (non-hydrogen) atoms. The number of nitrogens with one attached hydrogen (secondary N) is 1. The van der Waals surface area contributed by atoms with E-state index in [1.807, 2.05) is 6.07 Å². The summed E-state index contributed by atoms with van der Waals surface area (Å²) in [4.78, 5) is 4.24. The highest BCUT2D eigenvalue weighted by molar-refractivity contribution is 9.10. The van der Waals surface area contributed by atoms with Crippen molar-refractivity contribution in [2.24, 2.45) is 0 Å². The van der Waals surface area contributed by atoms with Crippen molar-refractivity contribution in [1.82, 2.24) is 9.71 Å². The molecule has 1 aromatic heterocycles. The molecule has 0 aliphatic heterocycles. The van der Waals surface area contributed by atoms with Crippen LogP contribution in [0.4, 0.5) is 5.69 Å². The number of benzene rings is 1. The molecule has 2 aromatic rings. The Morgan fingerprint density at radius 2 is 2.05 bits per heavy atom. The van der Waals surface area contributed by atoms with E-state index in [1.54, 1.807) is 37.4 Å². The summed E-state index contributed by atoms with van der Waals surface area (Å²) in [7, 11) is -3.68. The summed E-state index contributed by atoms with van der Waals surface area (Å²) in [5.74, 6) is 0. The number of sulfonamides is 1. The van der Waals surface area contributed by atoms with E-state index in [4.69, 9.17) is 5.73 Å². The third-order valence-electron chi connectivity index (χ3n) is 2.71. The van der Waals surface area contributed by atoms with E-state index in [9.17, 15) is 8.42 Å². The Hall–Kier alpha value is -1.44. The fraction of sp³-hybridized carbons (Fsp3) is 0.154. The second-order valence-electron chi connectivity index (χ2n) is 4.29. The first-order valence-electron chi connectivity index (χ1n) is 5.88. The minimum atomic E-state index is -3.68. The van der Waals surface area contributed by atoms with Crippen molar-refractivity contribution in [3.63, 3.8) is 0 Å². The highest BCUT2D eigenvalue weighted by atomic mass is 79.9. The standard InChI is InChI=1S/C13H14BrN3O2S/c1-9(12-4-2-3-7-16-12)17-20(18,19)13-8-10(15)5-6-11(13)14/h2-9,17H,15H2,1H3. The number of nitrogens with zero attached hydrogens (tertiary/aromatic N) is 1. The van der Waals surface area contributed by atoms with Crippen molar-refractivity contribution in [3.8, 4) is 0 Å². The number of anilines is 1. The van der Waals surface area contributed by atoms with Crippen molar-refractivity contribution in [1.29, 1.82) is 0 Å². The number of nitrogen functional groups attached to an aromatic ring is 1. The Bertz CT molecular complexity index is 705. The summed E-state index contributed by atoms with van der Waals surface area (Å²) in [6, 6.07) is 9.57. The third kappa shape index (κ3) is 3.36. The molecule has 1 heterocycles. The van der Waals surface area contributed by atoms with Crippen molar-refractivity contribution in [2.45, 2.75) is 17.9 Å². The summed E-state index contributed by atoms with van der Waals surface area (Å²) in [6.07, 6.45) is 1.62. The lowest BCUT2D eigenvalue weighted by atomic mass is 10.2. The molecule has 3 N–H and O–H groups in total. The van der Waals surface area contributed by atoms with Crippen LogP contribution in [-0.4, -0.2) is 13.4 Å². The molecule has 0 saturated heterocycles. The molecule has 0 spiro atoms. The number of pyridine rings is 1. The molecule has 0 aliphatic carbocycles. The Balaban J connectivity index is 2.30. The van der Waals surface area contributed by atoms with Crippen LogP contribution in [0.1, 0.15) is 18.7 Å². The topological polar surface area (TPSA) is 85.1 Å². The predicted octanol–water partition coefficient (Wildman–Crippen LogP) is 2.47. The lowest BCUT2D eigenvalue weighted by Gasteiger charge is -2.14. The van der Waals surface area contributed by atoms with Gasteiger partial charge in [-0.3, -0.25) is 4.98 Å². The summed E-state index contributed by atoms with van der Waals surface area (Å²) >= 11 is 3.22. The largest absolute Gasteiger partial charge is 0.399 e. The van der Waals surface area contributed by atoms with Gasteiger partial charge in [-0.1, -0.05) is 6.07 Å². The zero-order valence-corrected chi connectivity index (χ0v) is 13.1. The summed E-state index contributed by atoms with van der Waals surface area (Å²) in [6.45, 7) is 1.74. The maximum atomic E-state index is 12.4. The molecule has 0 bridgehead atoms. The minimum absolute atomic E-state index is 0.111. The number of aromatic nitrogens is 1. The van der Waals surface area contributed by atoms with E-state index in [2.05, 4.69) is 25.6 Å². The average molecular weight is 356 g/mol. The average Bonchev–Trinajstić information content (AvgIpc) is 2.42. The zero-order valence-electron chi connectivity index (χ0n) is 10.7. The Labute approximate surface area is 126 Å². The molecule has 1 aromatic carbocycles. The summed E-state index contributed by atoms with van der Waals surface area (Å²) in [5.41, 5.74) is 6.68. The number of rotatable bonds is 4. The van der Waals surface area contributed by atoms with Crippen LogP contribution in [0.3, 0.4) is 0 Å². The van der Waals surface area contributed by atoms with E-state index in [-0.39, 0.29) is 4.90 Å². The molecule has 0 aliphatic rings. The molecule has 2 rings (SSSR count). The van der Waals surface area contributed by atoms with Gasteiger partial charge in [0.15, 0.2) is 0 Å². The molecular formula is C13H14BrN3O2S. The van der Waals surface area contributed by atoms with Crippen LogP contribution in [0, 0.1) is 0 Å². The maximum absolute atomic E-state index is 12.4. The van der Waals surface area contributed by atoms with Gasteiger partial charge >= 0.3 is 0 Å². The van der Waals surface area contributed by atoms with Crippen LogP contribution in [0.15, 0.2) is 52.0 Å². The van der Waals surface area contributed by atoms with Gasteiger partial charge in [0.05, 0.1) is 16.6 Å². The smallest absolute Gasteiger partial charge is 0.242 e. The van der Waals surface area contributed by atoms with Crippen molar-refractivity contribution in [2.75, 3.05) is 5.73 Å². The van der Waals surface area contributed by atoms with Gasteiger partial charge in [0.2, 0.25) is 10.0 Å². The van der Waals surface area contributed by atoms with Gasteiger partial charge in [-0.15, -0.1) is 0 Å². The molecule has 1 unspecified atom stereocenters. The summed E-state index contributed by atoms with van der Waals surface area (Å²) < 4.78 is 27.8. The van der Waals surface area contributed by atoms with E-state index in [1.165, 1.54) is 6.07 Å². The van der Waals surface area contributed by atoms with Gasteiger partial charge in [-0.05, 0) is 53.2 Å². The molecule has 0 fully saturated rings. The van der Waals surface area contributed by atoms with Crippen LogP contribution in [-0.2, 0) is 10.0 Å². The third-order valence-corrected chi connectivity index (χ3v) is 5.24. The van der Waals surface area contributed by atoms with Gasteiger partial charge in [-0.2, -0.15) is 0 Å². The highest BCUT2D eigenvalue weighted by Crippen LogP contribution is 2.25. The first-order valence-corrected chi connectivity index (χ1v) is 8.16. The Morgan fingerprint density at radius 3 is 2.70 bits per heavy atom. The molecule has 1 atom stereocenters. The van der Waals surface area contributed by atoms with Gasteiger partial charge in [0.25, 0.3) is 0 Å². The molecule has 0 radical (unpaired) electrons. The van der Waals surface area contributed by atoms with Crippen LogP contribution in [0.2, 0.25) is 0 Å². The van der Waals surface area contributed by atoms with Crippen LogP contribution < -0.4 is 10.5 Å². The van der Waals surface area contributed by atoms with Crippen molar-refractivity contribution < 1.29 is 8.42 Å². The fourth-order valence-electron chi connectivity index (χ4n) is 1.71. The van der Waals surface area contributed by atoms with Crippen molar-refractivity contribution >= 4 is 31.6 Å².